The highest BCUT2D eigenvalue weighted by Crippen LogP contribution is 2.61. The summed E-state index contributed by atoms with van der Waals surface area (Å²) in [5.41, 5.74) is 8.56. The maximum absolute atomic E-state index is 6.34. The molecule has 5 aliphatic rings. The first-order valence-electron chi connectivity index (χ1n) is 8.20. The van der Waals surface area contributed by atoms with Crippen molar-refractivity contribution in [3.63, 3.8) is 0 Å². The van der Waals surface area contributed by atoms with Gasteiger partial charge in [-0.05, 0) is 81.0 Å². The van der Waals surface area contributed by atoms with E-state index in [-0.39, 0.29) is 0 Å². The highest BCUT2D eigenvalue weighted by atomic mass is 14.6. The van der Waals surface area contributed by atoms with Crippen LogP contribution in [0.5, 0.6) is 0 Å². The summed E-state index contributed by atoms with van der Waals surface area (Å²) in [5.74, 6) is 3.19. The summed E-state index contributed by atoms with van der Waals surface area (Å²) in [6.45, 7) is 0. The molecule has 0 aromatic rings. The molecule has 0 aliphatic heterocycles. The van der Waals surface area contributed by atoms with E-state index >= 15 is 0 Å². The first-order valence-corrected chi connectivity index (χ1v) is 8.20. The van der Waals surface area contributed by atoms with Gasteiger partial charge in [0.05, 0.1) is 0 Å². The second-order valence-electron chi connectivity index (χ2n) is 7.85. The summed E-state index contributed by atoms with van der Waals surface area (Å²) >= 11 is 0. The van der Waals surface area contributed by atoms with E-state index in [0.29, 0.717) is 11.5 Å². The molecule has 5 aliphatic carbocycles. The van der Waals surface area contributed by atoms with Gasteiger partial charge in [0.2, 0.25) is 0 Å². The lowest BCUT2D eigenvalue weighted by Crippen LogP contribution is -2.45. The number of allylic oxidation sites excluding steroid dienone is 1. The van der Waals surface area contributed by atoms with Gasteiger partial charge in [0, 0.05) is 6.04 Å². The van der Waals surface area contributed by atoms with Crippen molar-refractivity contribution in [2.75, 3.05) is 0 Å². The fraction of sp³-hybridized carbons (Fsp3) is 0.882. The summed E-state index contributed by atoms with van der Waals surface area (Å²) in [7, 11) is 0. The zero-order valence-corrected chi connectivity index (χ0v) is 11.5. The predicted octanol–water partition coefficient (Wildman–Crippen LogP) is 4.03. The Balaban J connectivity index is 1.61. The standard InChI is InChI=1S/C17H27N/c18-16-4-2-1-3-15(16)11-17-8-12-5-13(9-17)7-14(6-12)10-17/h11-14,16H,1-10,18H2/b15-11+. The molecule has 0 aromatic heterocycles. The summed E-state index contributed by atoms with van der Waals surface area (Å²) in [6, 6.07) is 0.395. The average molecular weight is 245 g/mol. The van der Waals surface area contributed by atoms with Gasteiger partial charge in [-0.2, -0.15) is 0 Å². The fourth-order valence-electron chi connectivity index (χ4n) is 5.99. The van der Waals surface area contributed by atoms with Gasteiger partial charge in [0.15, 0.2) is 0 Å². The van der Waals surface area contributed by atoms with Crippen LogP contribution in [-0.2, 0) is 0 Å². The molecule has 0 radical (unpaired) electrons. The van der Waals surface area contributed by atoms with Crippen LogP contribution in [0, 0.1) is 23.2 Å². The molecular formula is C17H27N. The molecule has 5 fully saturated rings. The van der Waals surface area contributed by atoms with E-state index in [1.54, 1.807) is 24.8 Å². The Kier molecular flexibility index (Phi) is 2.62. The van der Waals surface area contributed by atoms with Crippen molar-refractivity contribution in [1.82, 2.24) is 0 Å². The lowest BCUT2D eigenvalue weighted by atomic mass is 9.49. The summed E-state index contributed by atoms with van der Waals surface area (Å²) in [6.07, 6.45) is 17.1. The molecule has 0 heterocycles. The topological polar surface area (TPSA) is 26.0 Å². The van der Waals surface area contributed by atoms with Crippen molar-refractivity contribution in [1.29, 1.82) is 0 Å². The van der Waals surface area contributed by atoms with Crippen molar-refractivity contribution in [3.8, 4) is 0 Å². The maximum atomic E-state index is 6.34. The van der Waals surface area contributed by atoms with Crippen LogP contribution >= 0.6 is 0 Å². The third-order valence-electron chi connectivity index (χ3n) is 6.28. The highest BCUT2D eigenvalue weighted by Gasteiger charge is 2.49. The zero-order chi connectivity index (χ0) is 12.2. The van der Waals surface area contributed by atoms with Crippen molar-refractivity contribution in [2.45, 2.75) is 70.3 Å². The molecule has 0 saturated heterocycles. The zero-order valence-electron chi connectivity index (χ0n) is 11.5. The number of rotatable bonds is 1. The van der Waals surface area contributed by atoms with Gasteiger partial charge in [-0.15, -0.1) is 0 Å². The quantitative estimate of drug-likeness (QED) is 0.693. The lowest BCUT2D eigenvalue weighted by molar-refractivity contribution is -0.0244. The SMILES string of the molecule is NC1CCCC/C1=C\C12CC3CC(CC(C3)C1)C2. The van der Waals surface area contributed by atoms with Crippen molar-refractivity contribution in [2.24, 2.45) is 28.9 Å². The van der Waals surface area contributed by atoms with Gasteiger partial charge >= 0.3 is 0 Å². The van der Waals surface area contributed by atoms with Crippen LogP contribution < -0.4 is 5.73 Å². The van der Waals surface area contributed by atoms with Crippen LogP contribution in [0.1, 0.15) is 64.2 Å². The highest BCUT2D eigenvalue weighted by molar-refractivity contribution is 5.20. The van der Waals surface area contributed by atoms with Gasteiger partial charge < -0.3 is 5.73 Å². The van der Waals surface area contributed by atoms with Crippen LogP contribution in [0.2, 0.25) is 0 Å². The van der Waals surface area contributed by atoms with Gasteiger partial charge in [-0.1, -0.05) is 18.1 Å². The smallest absolute Gasteiger partial charge is 0.0253 e. The normalized spacial score (nSPS) is 53.1. The molecule has 4 bridgehead atoms. The van der Waals surface area contributed by atoms with E-state index in [9.17, 15) is 0 Å². The van der Waals surface area contributed by atoms with Gasteiger partial charge in [-0.3, -0.25) is 0 Å². The summed E-state index contributed by atoms with van der Waals surface area (Å²) < 4.78 is 0. The molecule has 1 heteroatoms. The second-order valence-corrected chi connectivity index (χ2v) is 7.85. The van der Waals surface area contributed by atoms with Gasteiger partial charge in [-0.25, -0.2) is 0 Å². The predicted molar refractivity (Wildman–Crippen MR) is 75.1 cm³/mol. The number of nitrogens with two attached hydrogens (primary N) is 1. The Morgan fingerprint density at radius 1 is 0.944 bits per heavy atom. The molecule has 0 aromatic carbocycles. The van der Waals surface area contributed by atoms with E-state index in [0.717, 1.165) is 17.8 Å². The molecule has 18 heavy (non-hydrogen) atoms. The van der Waals surface area contributed by atoms with Gasteiger partial charge in [0.25, 0.3) is 0 Å². The monoisotopic (exact) mass is 245 g/mol. The number of hydrogen-bond donors (Lipinski definition) is 1. The Morgan fingerprint density at radius 3 is 2.11 bits per heavy atom. The second kappa shape index (κ2) is 4.10. The molecule has 1 unspecified atom stereocenters. The Hall–Kier alpha value is -0.300. The minimum Gasteiger partial charge on any atom is -0.324 e. The Morgan fingerprint density at radius 2 is 1.56 bits per heavy atom. The Labute approximate surface area is 111 Å². The molecule has 100 valence electrons. The maximum Gasteiger partial charge on any atom is 0.0253 e. The van der Waals surface area contributed by atoms with Crippen LogP contribution in [0.3, 0.4) is 0 Å². The van der Waals surface area contributed by atoms with E-state index in [2.05, 4.69) is 6.08 Å². The van der Waals surface area contributed by atoms with Crippen molar-refractivity contribution in [3.05, 3.63) is 11.6 Å². The minimum atomic E-state index is 0.395. The average Bonchev–Trinajstić information content (AvgIpc) is 2.30. The lowest BCUT2D eigenvalue weighted by Gasteiger charge is -2.56. The molecule has 0 spiro atoms. The molecule has 5 rings (SSSR count). The number of hydrogen-bond acceptors (Lipinski definition) is 1. The van der Waals surface area contributed by atoms with Crippen molar-refractivity contribution >= 4 is 0 Å². The third-order valence-corrected chi connectivity index (χ3v) is 6.28. The van der Waals surface area contributed by atoms with E-state index in [1.165, 1.54) is 44.9 Å². The molecule has 1 atom stereocenters. The van der Waals surface area contributed by atoms with E-state index < -0.39 is 0 Å². The molecule has 1 nitrogen and oxygen atoms in total. The molecule has 5 saturated carbocycles. The minimum absolute atomic E-state index is 0.395. The van der Waals surface area contributed by atoms with Crippen LogP contribution in [0.4, 0.5) is 0 Å². The largest absolute Gasteiger partial charge is 0.324 e. The van der Waals surface area contributed by atoms with Crippen LogP contribution in [0.25, 0.3) is 0 Å². The summed E-state index contributed by atoms with van der Waals surface area (Å²) in [4.78, 5) is 0. The molecular weight excluding hydrogens is 218 g/mol. The van der Waals surface area contributed by atoms with Crippen LogP contribution in [0.15, 0.2) is 11.6 Å². The summed E-state index contributed by atoms with van der Waals surface area (Å²) in [5, 5.41) is 0. The molecule has 0 amide bonds. The van der Waals surface area contributed by atoms with E-state index in [1.807, 2.05) is 0 Å². The first-order chi connectivity index (χ1) is 8.72. The Bertz CT molecular complexity index is 333. The van der Waals surface area contributed by atoms with Gasteiger partial charge in [0.1, 0.15) is 0 Å². The van der Waals surface area contributed by atoms with Crippen molar-refractivity contribution < 1.29 is 0 Å². The van der Waals surface area contributed by atoms with E-state index in [4.69, 9.17) is 5.73 Å². The molecule has 2 N–H and O–H groups in total. The first kappa shape index (κ1) is 11.5. The third kappa shape index (κ3) is 1.86. The fourth-order valence-corrected chi connectivity index (χ4v) is 5.99. The van der Waals surface area contributed by atoms with Crippen LogP contribution in [-0.4, -0.2) is 6.04 Å².